The normalized spacial score (nSPS) is 12.0. The summed E-state index contributed by atoms with van der Waals surface area (Å²) in [6, 6.07) is 10.7. The molecule has 0 radical (unpaired) electrons. The zero-order chi connectivity index (χ0) is 21.8. The molecule has 1 amide bonds. The van der Waals surface area contributed by atoms with E-state index in [9.17, 15) is 14.4 Å². The van der Waals surface area contributed by atoms with Crippen molar-refractivity contribution in [3.63, 3.8) is 0 Å². The minimum Gasteiger partial charge on any atom is -0.458 e. The molecule has 0 saturated carbocycles. The lowest BCUT2D eigenvalue weighted by Crippen LogP contribution is -2.45. The first-order chi connectivity index (χ1) is 14.2. The molecule has 7 nitrogen and oxygen atoms in total. The quantitative estimate of drug-likeness (QED) is 0.610. The highest BCUT2D eigenvalue weighted by atomic mass is 35.5. The fraction of sp³-hybridized carbons (Fsp3) is 0.273. The molecule has 0 fully saturated rings. The monoisotopic (exact) mass is 427 g/mol. The van der Waals surface area contributed by atoms with Gasteiger partial charge in [-0.2, -0.15) is 0 Å². The number of esters is 1. The Balaban J connectivity index is 1.70. The van der Waals surface area contributed by atoms with Gasteiger partial charge in [0, 0.05) is 17.8 Å². The third-order valence-electron chi connectivity index (χ3n) is 4.56. The van der Waals surface area contributed by atoms with Gasteiger partial charge in [0.2, 0.25) is 0 Å². The third kappa shape index (κ3) is 5.04. The van der Waals surface area contributed by atoms with Crippen molar-refractivity contribution in [2.45, 2.75) is 33.4 Å². The number of hydrogen-bond acceptors (Lipinski definition) is 5. The zero-order valence-corrected chi connectivity index (χ0v) is 17.6. The number of amides is 1. The molecule has 3 rings (SSSR count). The van der Waals surface area contributed by atoms with Crippen molar-refractivity contribution in [3.8, 4) is 0 Å². The molecule has 2 aromatic heterocycles. The summed E-state index contributed by atoms with van der Waals surface area (Å²) in [6.45, 7) is 5.37. The van der Waals surface area contributed by atoms with Crippen LogP contribution in [0.2, 0.25) is 5.02 Å². The number of ether oxygens (including phenoxy) is 1. The molecule has 3 aromatic rings. The number of halogens is 1. The average molecular weight is 428 g/mol. The Morgan fingerprint density at radius 1 is 1.17 bits per heavy atom. The van der Waals surface area contributed by atoms with E-state index in [0.29, 0.717) is 21.9 Å². The first-order valence-electron chi connectivity index (χ1n) is 9.46. The molecule has 156 valence electrons. The molecule has 1 atom stereocenters. The molecule has 0 saturated heterocycles. The number of aryl methyl sites for hydroxylation is 1. The van der Waals surface area contributed by atoms with Crippen LogP contribution < -0.4 is 10.9 Å². The van der Waals surface area contributed by atoms with Crippen LogP contribution in [0.15, 0.2) is 53.5 Å². The van der Waals surface area contributed by atoms with Gasteiger partial charge in [-0.1, -0.05) is 43.1 Å². The van der Waals surface area contributed by atoms with Crippen LogP contribution in [0.25, 0.3) is 5.65 Å². The van der Waals surface area contributed by atoms with Gasteiger partial charge in [-0.15, -0.1) is 0 Å². The Bertz CT molecular complexity index is 1140. The van der Waals surface area contributed by atoms with E-state index in [-0.39, 0.29) is 24.0 Å². The highest BCUT2D eigenvalue weighted by molar-refractivity contribution is 6.30. The van der Waals surface area contributed by atoms with E-state index in [4.69, 9.17) is 16.3 Å². The van der Waals surface area contributed by atoms with Crippen molar-refractivity contribution < 1.29 is 14.3 Å². The Hall–Kier alpha value is -3.19. The summed E-state index contributed by atoms with van der Waals surface area (Å²) in [7, 11) is 0. The molecule has 0 unspecified atom stereocenters. The smallest absolute Gasteiger partial charge is 0.329 e. The number of hydrogen-bond donors (Lipinski definition) is 1. The third-order valence-corrected chi connectivity index (χ3v) is 4.78. The molecule has 0 aliphatic heterocycles. The number of carbonyl (C=O) groups excluding carboxylic acids is 2. The number of nitrogens with zero attached hydrogens (tertiary/aromatic N) is 2. The van der Waals surface area contributed by atoms with E-state index < -0.39 is 12.0 Å². The number of benzene rings is 1. The molecule has 1 N–H and O–H groups in total. The lowest BCUT2D eigenvalue weighted by molar-refractivity contribution is -0.148. The summed E-state index contributed by atoms with van der Waals surface area (Å²) in [6.07, 6.45) is 1.47. The van der Waals surface area contributed by atoms with Gasteiger partial charge in [0.05, 0.1) is 10.7 Å². The number of fused-ring (bicyclic) bond motifs is 1. The number of aromatic nitrogens is 2. The zero-order valence-electron chi connectivity index (χ0n) is 16.9. The van der Waals surface area contributed by atoms with Crippen molar-refractivity contribution >= 4 is 29.1 Å². The van der Waals surface area contributed by atoms with Gasteiger partial charge >= 0.3 is 5.97 Å². The van der Waals surface area contributed by atoms with Crippen molar-refractivity contribution in [1.82, 2.24) is 14.7 Å². The van der Waals surface area contributed by atoms with Gasteiger partial charge in [0.1, 0.15) is 18.3 Å². The standard InChI is InChI=1S/C22H22ClN3O4/c1-13(2)20(25-21(28)15-6-4-14(3)5-7-15)22(29)30-12-17-10-19(27)26-11-16(23)8-9-18(26)24-17/h4-11,13,20H,12H2,1-3H3,(H,25,28)/t20-/m0/s1. The molecule has 0 spiro atoms. The molecule has 0 bridgehead atoms. The van der Waals surface area contributed by atoms with E-state index in [1.807, 2.05) is 32.9 Å². The van der Waals surface area contributed by atoms with Crippen molar-refractivity contribution in [2.24, 2.45) is 5.92 Å². The fourth-order valence-electron chi connectivity index (χ4n) is 2.86. The van der Waals surface area contributed by atoms with E-state index in [1.54, 1.807) is 24.3 Å². The molecular weight excluding hydrogens is 406 g/mol. The van der Waals surface area contributed by atoms with Crippen LogP contribution in [0.3, 0.4) is 0 Å². The fourth-order valence-corrected chi connectivity index (χ4v) is 3.02. The SMILES string of the molecule is Cc1ccc(C(=O)N[C@H](C(=O)OCc2cc(=O)n3cc(Cl)ccc3n2)C(C)C)cc1. The average Bonchev–Trinajstić information content (AvgIpc) is 2.71. The van der Waals surface area contributed by atoms with E-state index in [0.717, 1.165) is 5.56 Å². The maximum Gasteiger partial charge on any atom is 0.329 e. The number of nitrogens with one attached hydrogen (secondary N) is 1. The van der Waals surface area contributed by atoms with E-state index >= 15 is 0 Å². The summed E-state index contributed by atoms with van der Waals surface area (Å²) in [5, 5.41) is 3.13. The Labute approximate surface area is 178 Å². The van der Waals surface area contributed by atoms with Gasteiger partial charge < -0.3 is 10.1 Å². The first-order valence-corrected chi connectivity index (χ1v) is 9.84. The van der Waals surface area contributed by atoms with Crippen LogP contribution >= 0.6 is 11.6 Å². The molecule has 1 aromatic carbocycles. The summed E-state index contributed by atoms with van der Waals surface area (Å²) in [4.78, 5) is 41.6. The van der Waals surface area contributed by atoms with Gasteiger partial charge in [-0.25, -0.2) is 9.78 Å². The lowest BCUT2D eigenvalue weighted by Gasteiger charge is -2.21. The Morgan fingerprint density at radius 2 is 1.87 bits per heavy atom. The second-order valence-corrected chi connectivity index (χ2v) is 7.77. The van der Waals surface area contributed by atoms with Crippen LogP contribution in [-0.4, -0.2) is 27.3 Å². The van der Waals surface area contributed by atoms with Crippen LogP contribution in [-0.2, 0) is 16.1 Å². The predicted molar refractivity (Wildman–Crippen MR) is 114 cm³/mol. The van der Waals surface area contributed by atoms with Gasteiger partial charge in [-0.05, 0) is 37.1 Å². The predicted octanol–water partition coefficient (Wildman–Crippen LogP) is 3.15. The Kier molecular flexibility index (Phi) is 6.52. The maximum atomic E-state index is 12.6. The maximum absolute atomic E-state index is 12.6. The van der Waals surface area contributed by atoms with Crippen LogP contribution in [0, 0.1) is 12.8 Å². The number of pyridine rings is 1. The number of rotatable bonds is 6. The van der Waals surface area contributed by atoms with Gasteiger partial charge in [0.25, 0.3) is 11.5 Å². The van der Waals surface area contributed by atoms with Crippen LogP contribution in [0.1, 0.15) is 35.5 Å². The molecule has 0 aliphatic rings. The second-order valence-electron chi connectivity index (χ2n) is 7.33. The van der Waals surface area contributed by atoms with Crippen molar-refractivity contribution in [1.29, 1.82) is 0 Å². The second kappa shape index (κ2) is 9.09. The molecule has 30 heavy (non-hydrogen) atoms. The minimum absolute atomic E-state index is 0.184. The molecule has 8 heteroatoms. The highest BCUT2D eigenvalue weighted by Crippen LogP contribution is 2.11. The number of carbonyl (C=O) groups is 2. The van der Waals surface area contributed by atoms with Crippen LogP contribution in [0.4, 0.5) is 0 Å². The summed E-state index contributed by atoms with van der Waals surface area (Å²) < 4.78 is 6.66. The first kappa shape index (κ1) is 21.5. The molecule has 0 aliphatic carbocycles. The van der Waals surface area contributed by atoms with Crippen molar-refractivity contribution in [2.75, 3.05) is 0 Å². The molecule has 2 heterocycles. The Morgan fingerprint density at radius 3 is 2.53 bits per heavy atom. The lowest BCUT2D eigenvalue weighted by atomic mass is 10.0. The molecular formula is C22H22ClN3O4. The van der Waals surface area contributed by atoms with Gasteiger partial charge in [-0.3, -0.25) is 14.0 Å². The van der Waals surface area contributed by atoms with Gasteiger partial charge in [0.15, 0.2) is 0 Å². The van der Waals surface area contributed by atoms with E-state index in [2.05, 4.69) is 10.3 Å². The minimum atomic E-state index is -0.834. The highest BCUT2D eigenvalue weighted by Gasteiger charge is 2.26. The topological polar surface area (TPSA) is 89.8 Å². The summed E-state index contributed by atoms with van der Waals surface area (Å²) in [5.74, 6) is -1.14. The summed E-state index contributed by atoms with van der Waals surface area (Å²) >= 11 is 5.90. The summed E-state index contributed by atoms with van der Waals surface area (Å²) in [5.41, 5.74) is 1.87. The largest absolute Gasteiger partial charge is 0.458 e. The van der Waals surface area contributed by atoms with Crippen molar-refractivity contribution in [3.05, 3.63) is 80.9 Å². The van der Waals surface area contributed by atoms with E-state index in [1.165, 1.54) is 16.7 Å². The van der Waals surface area contributed by atoms with Crippen LogP contribution in [0.5, 0.6) is 0 Å².